The fourth-order valence-corrected chi connectivity index (χ4v) is 3.83. The number of rotatable bonds is 2. The summed E-state index contributed by atoms with van der Waals surface area (Å²) >= 11 is 0. The molecule has 5 nitrogen and oxygen atoms in total. The van der Waals surface area contributed by atoms with E-state index in [-0.39, 0.29) is 0 Å². The van der Waals surface area contributed by atoms with Gasteiger partial charge < -0.3 is 9.40 Å². The van der Waals surface area contributed by atoms with Gasteiger partial charge in [0.2, 0.25) is 0 Å². The Kier molecular flexibility index (Phi) is 2.80. The van der Waals surface area contributed by atoms with Gasteiger partial charge in [0.05, 0.1) is 29.8 Å². The van der Waals surface area contributed by atoms with Crippen molar-refractivity contribution in [1.29, 1.82) is 0 Å². The van der Waals surface area contributed by atoms with Crippen LogP contribution in [0.1, 0.15) is 43.8 Å². The summed E-state index contributed by atoms with van der Waals surface area (Å²) < 4.78 is 7.56. The molecule has 0 unspecified atom stereocenters. The van der Waals surface area contributed by atoms with Gasteiger partial charge in [-0.3, -0.25) is 4.40 Å². The second-order valence-electron chi connectivity index (χ2n) is 6.36. The van der Waals surface area contributed by atoms with Gasteiger partial charge in [-0.15, -0.1) is 0 Å². The quantitative estimate of drug-likeness (QED) is 0.592. The number of aromatic amines is 1. The molecule has 0 amide bonds. The molecular formula is C18H18N4O. The van der Waals surface area contributed by atoms with Crippen molar-refractivity contribution in [2.45, 2.75) is 38.0 Å². The van der Waals surface area contributed by atoms with Crippen molar-refractivity contribution in [3.8, 4) is 11.3 Å². The lowest BCUT2D eigenvalue weighted by molar-refractivity contribution is 0.429. The van der Waals surface area contributed by atoms with Crippen LogP contribution in [0.4, 0.5) is 0 Å². The molecule has 1 fully saturated rings. The van der Waals surface area contributed by atoms with Crippen LogP contribution in [0.3, 0.4) is 0 Å². The highest BCUT2D eigenvalue weighted by Crippen LogP contribution is 2.36. The normalized spacial score (nSPS) is 16.5. The lowest BCUT2D eigenvalue weighted by Crippen LogP contribution is -2.09. The zero-order valence-corrected chi connectivity index (χ0v) is 12.8. The smallest absolute Gasteiger partial charge is 0.154 e. The summed E-state index contributed by atoms with van der Waals surface area (Å²) in [6.07, 6.45) is 13.7. The maximum Gasteiger partial charge on any atom is 0.154 e. The molecular weight excluding hydrogens is 288 g/mol. The number of aromatic nitrogens is 4. The highest BCUT2D eigenvalue weighted by atomic mass is 16.3. The van der Waals surface area contributed by atoms with Crippen LogP contribution in [0.2, 0.25) is 0 Å². The number of imidazole rings is 1. The van der Waals surface area contributed by atoms with Crippen LogP contribution in [0.15, 0.2) is 41.5 Å². The van der Waals surface area contributed by atoms with E-state index in [9.17, 15) is 0 Å². The highest BCUT2D eigenvalue weighted by molar-refractivity contribution is 5.83. The van der Waals surface area contributed by atoms with E-state index in [4.69, 9.17) is 9.40 Å². The maximum absolute atomic E-state index is 5.27. The van der Waals surface area contributed by atoms with Crippen molar-refractivity contribution in [1.82, 2.24) is 19.4 Å². The summed E-state index contributed by atoms with van der Waals surface area (Å²) in [5.74, 6) is 1.69. The Labute approximate surface area is 133 Å². The lowest BCUT2D eigenvalue weighted by atomic mass is 9.89. The van der Waals surface area contributed by atoms with E-state index in [1.165, 1.54) is 37.9 Å². The molecule has 0 spiro atoms. The third-order valence-corrected chi connectivity index (χ3v) is 4.96. The second kappa shape index (κ2) is 4.98. The van der Waals surface area contributed by atoms with Gasteiger partial charge in [-0.25, -0.2) is 9.97 Å². The van der Waals surface area contributed by atoms with E-state index in [0.717, 1.165) is 27.9 Å². The van der Waals surface area contributed by atoms with Crippen molar-refractivity contribution in [2.75, 3.05) is 0 Å². The zero-order valence-electron chi connectivity index (χ0n) is 12.8. The fraction of sp³-hybridized carbons (Fsp3) is 0.333. The molecule has 0 saturated heterocycles. The van der Waals surface area contributed by atoms with E-state index < -0.39 is 0 Å². The third kappa shape index (κ3) is 1.92. The fourth-order valence-electron chi connectivity index (χ4n) is 3.83. The molecule has 1 aliphatic rings. The van der Waals surface area contributed by atoms with Crippen LogP contribution < -0.4 is 0 Å². The van der Waals surface area contributed by atoms with E-state index in [1.807, 2.05) is 18.5 Å². The number of fused-ring (bicyclic) bond motifs is 3. The molecule has 23 heavy (non-hydrogen) atoms. The molecule has 5 heteroatoms. The van der Waals surface area contributed by atoms with Gasteiger partial charge in [0, 0.05) is 17.7 Å². The Bertz CT molecular complexity index is 958. The molecule has 4 heterocycles. The molecule has 0 aromatic carbocycles. The number of H-pyrrole nitrogens is 1. The topological polar surface area (TPSA) is 59.1 Å². The van der Waals surface area contributed by atoms with Crippen molar-refractivity contribution >= 4 is 16.7 Å². The SMILES string of the molecule is c1cc2c(ncc3c(-c4ccoc4)nc(C4CCCCC4)n32)[nH]1. The van der Waals surface area contributed by atoms with Crippen LogP contribution in [0.5, 0.6) is 0 Å². The average molecular weight is 306 g/mol. The summed E-state index contributed by atoms with van der Waals surface area (Å²) in [5, 5.41) is 0. The number of hydrogen-bond donors (Lipinski definition) is 1. The second-order valence-corrected chi connectivity index (χ2v) is 6.36. The van der Waals surface area contributed by atoms with Crippen molar-refractivity contribution in [3.05, 3.63) is 42.9 Å². The maximum atomic E-state index is 5.27. The molecule has 0 bridgehead atoms. The molecule has 1 aliphatic carbocycles. The van der Waals surface area contributed by atoms with Crippen molar-refractivity contribution in [2.24, 2.45) is 0 Å². The lowest BCUT2D eigenvalue weighted by Gasteiger charge is -2.20. The standard InChI is InChI=1S/C18H18N4O/c1-2-4-12(5-3-1)18-21-16(13-7-9-23-11-13)15-10-20-17-14(22(15)18)6-8-19-17/h6-12,19H,1-5H2. The van der Waals surface area contributed by atoms with Gasteiger partial charge in [0.1, 0.15) is 11.5 Å². The minimum absolute atomic E-state index is 0.525. The predicted octanol–water partition coefficient (Wildman–Crippen LogP) is 4.52. The zero-order chi connectivity index (χ0) is 15.2. The number of furan rings is 1. The first-order valence-corrected chi connectivity index (χ1v) is 8.29. The Hall–Kier alpha value is -2.56. The van der Waals surface area contributed by atoms with Crippen LogP contribution in [-0.4, -0.2) is 19.4 Å². The minimum atomic E-state index is 0.525. The van der Waals surface area contributed by atoms with Crippen LogP contribution in [-0.2, 0) is 0 Å². The summed E-state index contributed by atoms with van der Waals surface area (Å²) in [5.41, 5.74) is 5.05. The monoisotopic (exact) mass is 306 g/mol. The molecule has 5 rings (SSSR count). The Balaban J connectivity index is 1.82. The van der Waals surface area contributed by atoms with E-state index in [1.54, 1.807) is 12.5 Å². The average Bonchev–Trinajstić information content (AvgIpc) is 3.33. The first-order valence-electron chi connectivity index (χ1n) is 8.29. The Morgan fingerprint density at radius 2 is 2.04 bits per heavy atom. The molecule has 0 atom stereocenters. The number of nitrogens with one attached hydrogen (secondary N) is 1. The van der Waals surface area contributed by atoms with Gasteiger partial charge >= 0.3 is 0 Å². The van der Waals surface area contributed by atoms with E-state index in [2.05, 4.69) is 20.4 Å². The summed E-state index contributed by atoms with van der Waals surface area (Å²) in [4.78, 5) is 12.8. The first-order chi connectivity index (χ1) is 11.4. The highest BCUT2D eigenvalue weighted by Gasteiger charge is 2.24. The molecule has 0 radical (unpaired) electrons. The predicted molar refractivity (Wildman–Crippen MR) is 88.4 cm³/mol. The largest absolute Gasteiger partial charge is 0.472 e. The van der Waals surface area contributed by atoms with Crippen LogP contribution >= 0.6 is 0 Å². The van der Waals surface area contributed by atoms with Gasteiger partial charge in [-0.05, 0) is 25.0 Å². The number of hydrogen-bond acceptors (Lipinski definition) is 3. The summed E-state index contributed by atoms with van der Waals surface area (Å²) in [6, 6.07) is 4.05. The van der Waals surface area contributed by atoms with Crippen molar-refractivity contribution in [3.63, 3.8) is 0 Å². The van der Waals surface area contributed by atoms with Gasteiger partial charge in [-0.2, -0.15) is 0 Å². The molecule has 4 aromatic heterocycles. The molecule has 4 aromatic rings. The number of nitrogens with zero attached hydrogens (tertiary/aromatic N) is 3. The summed E-state index contributed by atoms with van der Waals surface area (Å²) in [6.45, 7) is 0. The van der Waals surface area contributed by atoms with Crippen LogP contribution in [0.25, 0.3) is 27.9 Å². The van der Waals surface area contributed by atoms with E-state index >= 15 is 0 Å². The Morgan fingerprint density at radius 1 is 1.13 bits per heavy atom. The minimum Gasteiger partial charge on any atom is -0.472 e. The summed E-state index contributed by atoms with van der Waals surface area (Å²) in [7, 11) is 0. The molecule has 116 valence electrons. The Morgan fingerprint density at radius 3 is 2.87 bits per heavy atom. The third-order valence-electron chi connectivity index (χ3n) is 4.96. The molecule has 1 N–H and O–H groups in total. The van der Waals surface area contributed by atoms with Gasteiger partial charge in [0.15, 0.2) is 5.65 Å². The van der Waals surface area contributed by atoms with Crippen molar-refractivity contribution < 1.29 is 4.42 Å². The van der Waals surface area contributed by atoms with Crippen LogP contribution in [0, 0.1) is 0 Å². The molecule has 1 saturated carbocycles. The van der Waals surface area contributed by atoms with Gasteiger partial charge in [0.25, 0.3) is 0 Å². The molecule has 0 aliphatic heterocycles. The van der Waals surface area contributed by atoms with E-state index in [0.29, 0.717) is 5.92 Å². The first kappa shape index (κ1) is 12.9. The van der Waals surface area contributed by atoms with Gasteiger partial charge in [-0.1, -0.05) is 19.3 Å².